The summed E-state index contributed by atoms with van der Waals surface area (Å²) in [5.74, 6) is 0.743. The Hall–Kier alpha value is -1.63. The molecule has 6 nitrogen and oxygen atoms in total. The first-order valence-corrected chi connectivity index (χ1v) is 11.6. The number of rotatable bonds is 12. The molecule has 3 N–H and O–H groups in total. The molecule has 0 saturated carbocycles. The van der Waals surface area contributed by atoms with Crippen LogP contribution >= 0.6 is 0 Å². The van der Waals surface area contributed by atoms with E-state index in [4.69, 9.17) is 14.5 Å². The average Bonchev–Trinajstić information content (AvgIpc) is 2.76. The highest BCUT2D eigenvalue weighted by Crippen LogP contribution is 2.18. The quantitative estimate of drug-likeness (QED) is 0.355. The maximum atomic E-state index is 10.8. The van der Waals surface area contributed by atoms with Gasteiger partial charge < -0.3 is 25.2 Å². The van der Waals surface area contributed by atoms with Crippen LogP contribution in [0.2, 0.25) is 0 Å². The van der Waals surface area contributed by atoms with E-state index in [2.05, 4.69) is 55.7 Å². The van der Waals surface area contributed by atoms with Crippen molar-refractivity contribution in [2.45, 2.75) is 84.2 Å². The van der Waals surface area contributed by atoms with Gasteiger partial charge in [-0.15, -0.1) is 0 Å². The standard InChI is InChI=1S/C24H41N3O3/c1-4-12-24(28,13-5-2)19-27-23(25-6-3)26-17-20-8-7-9-21(16-20)18-30-22-10-14-29-15-11-22/h7-9,16,22,28H,4-6,10-15,17-19H2,1-3H3,(H2,25,26,27). The van der Waals surface area contributed by atoms with Crippen molar-refractivity contribution in [1.29, 1.82) is 0 Å². The summed E-state index contributed by atoms with van der Waals surface area (Å²) >= 11 is 0. The highest BCUT2D eigenvalue weighted by atomic mass is 16.5. The summed E-state index contributed by atoms with van der Waals surface area (Å²) in [5.41, 5.74) is 1.64. The van der Waals surface area contributed by atoms with E-state index in [0.717, 1.165) is 69.8 Å². The Kier molecular flexibility index (Phi) is 11.2. The van der Waals surface area contributed by atoms with Crippen molar-refractivity contribution >= 4 is 5.96 Å². The van der Waals surface area contributed by atoms with Crippen molar-refractivity contribution in [2.24, 2.45) is 4.99 Å². The van der Waals surface area contributed by atoms with E-state index < -0.39 is 5.60 Å². The van der Waals surface area contributed by atoms with Gasteiger partial charge in [0.05, 0.1) is 24.9 Å². The van der Waals surface area contributed by atoms with Crippen molar-refractivity contribution in [3.8, 4) is 0 Å². The first-order valence-electron chi connectivity index (χ1n) is 11.6. The van der Waals surface area contributed by atoms with Crippen molar-refractivity contribution < 1.29 is 14.6 Å². The van der Waals surface area contributed by atoms with E-state index in [1.165, 1.54) is 5.56 Å². The Labute approximate surface area is 182 Å². The number of nitrogens with one attached hydrogen (secondary N) is 2. The summed E-state index contributed by atoms with van der Waals surface area (Å²) in [6.45, 7) is 10.4. The second kappa shape index (κ2) is 13.6. The van der Waals surface area contributed by atoms with Gasteiger partial charge in [0.2, 0.25) is 0 Å². The van der Waals surface area contributed by atoms with Gasteiger partial charge in [0, 0.05) is 26.3 Å². The zero-order chi connectivity index (χ0) is 21.7. The molecular formula is C24H41N3O3. The van der Waals surface area contributed by atoms with E-state index in [1.54, 1.807) is 0 Å². The Morgan fingerprint density at radius 3 is 2.50 bits per heavy atom. The van der Waals surface area contributed by atoms with Crippen LogP contribution in [-0.4, -0.2) is 49.1 Å². The Balaban J connectivity index is 1.91. The third-order valence-corrected chi connectivity index (χ3v) is 5.42. The Bertz CT molecular complexity index is 624. The molecule has 1 aromatic rings. The van der Waals surface area contributed by atoms with Crippen LogP contribution in [0, 0.1) is 0 Å². The Morgan fingerprint density at radius 1 is 1.13 bits per heavy atom. The minimum atomic E-state index is -0.679. The number of guanidine groups is 1. The van der Waals surface area contributed by atoms with Gasteiger partial charge >= 0.3 is 0 Å². The van der Waals surface area contributed by atoms with Crippen LogP contribution in [-0.2, 0) is 22.6 Å². The van der Waals surface area contributed by atoms with Crippen LogP contribution in [0.4, 0.5) is 0 Å². The summed E-state index contributed by atoms with van der Waals surface area (Å²) in [4.78, 5) is 4.72. The Morgan fingerprint density at radius 2 is 1.83 bits per heavy atom. The maximum absolute atomic E-state index is 10.8. The first kappa shape index (κ1) is 24.6. The van der Waals surface area contributed by atoms with Crippen LogP contribution in [0.5, 0.6) is 0 Å². The summed E-state index contributed by atoms with van der Waals surface area (Å²) in [6.07, 6.45) is 5.78. The van der Waals surface area contributed by atoms with Gasteiger partial charge in [-0.2, -0.15) is 0 Å². The minimum absolute atomic E-state index is 0.301. The zero-order valence-electron chi connectivity index (χ0n) is 19.1. The number of aliphatic imine (C=N–C) groups is 1. The number of hydrogen-bond donors (Lipinski definition) is 3. The van der Waals surface area contributed by atoms with Crippen LogP contribution in [0.1, 0.15) is 70.4 Å². The molecule has 0 radical (unpaired) electrons. The topological polar surface area (TPSA) is 75.1 Å². The van der Waals surface area contributed by atoms with Gasteiger partial charge in [0.15, 0.2) is 5.96 Å². The molecule has 30 heavy (non-hydrogen) atoms. The molecule has 2 rings (SSSR count). The second-order valence-electron chi connectivity index (χ2n) is 8.22. The molecule has 1 aliphatic rings. The van der Waals surface area contributed by atoms with Crippen molar-refractivity contribution in [1.82, 2.24) is 10.6 Å². The maximum Gasteiger partial charge on any atom is 0.191 e. The molecule has 0 aromatic heterocycles. The fourth-order valence-corrected chi connectivity index (χ4v) is 3.87. The zero-order valence-corrected chi connectivity index (χ0v) is 19.1. The van der Waals surface area contributed by atoms with Crippen LogP contribution < -0.4 is 10.6 Å². The molecule has 1 aromatic carbocycles. The molecule has 1 fully saturated rings. The third kappa shape index (κ3) is 9.02. The fourth-order valence-electron chi connectivity index (χ4n) is 3.87. The lowest BCUT2D eigenvalue weighted by atomic mass is 9.93. The lowest BCUT2D eigenvalue weighted by molar-refractivity contribution is -0.0390. The van der Waals surface area contributed by atoms with Gasteiger partial charge in [-0.3, -0.25) is 0 Å². The van der Waals surface area contributed by atoms with Gasteiger partial charge in [-0.1, -0.05) is 51.0 Å². The van der Waals surface area contributed by atoms with Crippen LogP contribution in [0.3, 0.4) is 0 Å². The number of ether oxygens (including phenoxy) is 2. The summed E-state index contributed by atoms with van der Waals surface area (Å²) in [5, 5.41) is 17.5. The molecular weight excluding hydrogens is 378 g/mol. The van der Waals surface area contributed by atoms with Crippen molar-refractivity contribution in [3.63, 3.8) is 0 Å². The summed E-state index contributed by atoms with van der Waals surface area (Å²) in [6, 6.07) is 8.42. The lowest BCUT2D eigenvalue weighted by Gasteiger charge is -2.28. The smallest absolute Gasteiger partial charge is 0.191 e. The monoisotopic (exact) mass is 419 g/mol. The molecule has 170 valence electrons. The molecule has 1 saturated heterocycles. The number of nitrogens with zero attached hydrogens (tertiary/aromatic N) is 1. The number of hydrogen-bond acceptors (Lipinski definition) is 4. The number of aliphatic hydroxyl groups is 1. The molecule has 0 atom stereocenters. The SMILES string of the molecule is CCCC(O)(CCC)CNC(=NCc1cccc(COC2CCOCC2)c1)NCC. The van der Waals surface area contributed by atoms with E-state index in [0.29, 0.717) is 25.8 Å². The first-order chi connectivity index (χ1) is 14.6. The van der Waals surface area contributed by atoms with Crippen LogP contribution in [0.25, 0.3) is 0 Å². The second-order valence-corrected chi connectivity index (χ2v) is 8.22. The summed E-state index contributed by atoms with van der Waals surface area (Å²) < 4.78 is 11.4. The summed E-state index contributed by atoms with van der Waals surface area (Å²) in [7, 11) is 0. The average molecular weight is 420 g/mol. The van der Waals surface area contributed by atoms with Crippen molar-refractivity contribution in [3.05, 3.63) is 35.4 Å². The minimum Gasteiger partial charge on any atom is -0.388 e. The predicted octanol–water partition coefficient (Wildman–Crippen LogP) is 3.77. The third-order valence-electron chi connectivity index (χ3n) is 5.42. The van der Waals surface area contributed by atoms with Gasteiger partial charge in [-0.25, -0.2) is 4.99 Å². The van der Waals surface area contributed by atoms with Gasteiger partial charge in [0.25, 0.3) is 0 Å². The molecule has 6 heteroatoms. The molecule has 0 unspecified atom stereocenters. The van der Waals surface area contributed by atoms with Crippen LogP contribution in [0.15, 0.2) is 29.3 Å². The molecule has 0 bridgehead atoms. The van der Waals surface area contributed by atoms with E-state index in [1.807, 2.05) is 0 Å². The fraction of sp³-hybridized carbons (Fsp3) is 0.708. The molecule has 0 spiro atoms. The highest BCUT2D eigenvalue weighted by Gasteiger charge is 2.24. The van der Waals surface area contributed by atoms with Gasteiger partial charge in [0.1, 0.15) is 0 Å². The van der Waals surface area contributed by atoms with E-state index in [-0.39, 0.29) is 0 Å². The number of benzene rings is 1. The lowest BCUT2D eigenvalue weighted by Crippen LogP contribution is -2.47. The highest BCUT2D eigenvalue weighted by molar-refractivity contribution is 5.79. The van der Waals surface area contributed by atoms with E-state index in [9.17, 15) is 5.11 Å². The predicted molar refractivity (Wildman–Crippen MR) is 123 cm³/mol. The molecule has 0 aliphatic carbocycles. The molecule has 0 amide bonds. The molecule has 1 heterocycles. The normalized spacial score (nSPS) is 15.9. The van der Waals surface area contributed by atoms with Gasteiger partial charge in [-0.05, 0) is 43.7 Å². The van der Waals surface area contributed by atoms with Crippen molar-refractivity contribution in [2.75, 3.05) is 26.3 Å². The van der Waals surface area contributed by atoms with E-state index >= 15 is 0 Å². The largest absolute Gasteiger partial charge is 0.388 e. The molecule has 1 aliphatic heterocycles.